The van der Waals surface area contributed by atoms with E-state index in [-0.39, 0.29) is 10.4 Å². The Bertz CT molecular complexity index is 383. The number of hydrogen-bond donors (Lipinski definition) is 1. The molecule has 0 unspecified atom stereocenters. The fourth-order valence-corrected chi connectivity index (χ4v) is 2.03. The van der Waals surface area contributed by atoms with E-state index in [1.165, 1.54) is 12.8 Å². The fourth-order valence-electron chi connectivity index (χ4n) is 1.76. The van der Waals surface area contributed by atoms with Gasteiger partial charge in [-0.05, 0) is 31.0 Å². The van der Waals surface area contributed by atoms with Crippen LogP contribution in [0.4, 0.5) is 5.82 Å². The number of hydrogen-bond acceptors (Lipinski definition) is 5. The number of nitrogens with zero attached hydrogens (tertiary/aromatic N) is 4. The smallest absolute Gasteiger partial charge is 0.245 e. The molecule has 1 aromatic rings. The van der Waals surface area contributed by atoms with Crippen LogP contribution in [0.1, 0.15) is 19.8 Å². The van der Waals surface area contributed by atoms with Crippen molar-refractivity contribution in [2.45, 2.75) is 25.8 Å². The largest absolute Gasteiger partial charge is 0.366 e. The van der Waals surface area contributed by atoms with Crippen LogP contribution in [0.2, 0.25) is 10.4 Å². The standard InChI is InChI=1S/C10H15Cl2N5/c1-2-17(7-3-4-7)6-5-13-9-8(11)15-16-10(12)14-9/h7H,2-6H2,1H3,(H,13,14,16). The van der Waals surface area contributed by atoms with Crippen molar-refractivity contribution in [1.82, 2.24) is 20.1 Å². The van der Waals surface area contributed by atoms with E-state index in [0.29, 0.717) is 5.82 Å². The minimum Gasteiger partial charge on any atom is -0.366 e. The van der Waals surface area contributed by atoms with Gasteiger partial charge in [-0.1, -0.05) is 18.5 Å². The molecule has 1 fully saturated rings. The Balaban J connectivity index is 1.82. The zero-order valence-electron chi connectivity index (χ0n) is 9.66. The summed E-state index contributed by atoms with van der Waals surface area (Å²) in [7, 11) is 0. The van der Waals surface area contributed by atoms with Crippen LogP contribution in [-0.4, -0.2) is 45.8 Å². The number of halogens is 2. The lowest BCUT2D eigenvalue weighted by Gasteiger charge is -2.19. The molecule has 1 aliphatic rings. The summed E-state index contributed by atoms with van der Waals surface area (Å²) < 4.78 is 0. The predicted molar refractivity (Wildman–Crippen MR) is 68.6 cm³/mol. The van der Waals surface area contributed by atoms with Gasteiger partial charge in [0.1, 0.15) is 0 Å². The number of likely N-dealkylation sites (N-methyl/N-ethyl adjacent to an activating group) is 1. The van der Waals surface area contributed by atoms with Gasteiger partial charge in [-0.3, -0.25) is 4.90 Å². The topological polar surface area (TPSA) is 53.9 Å². The third-order valence-corrected chi connectivity index (χ3v) is 3.20. The maximum absolute atomic E-state index is 5.85. The van der Waals surface area contributed by atoms with Gasteiger partial charge in [0.25, 0.3) is 0 Å². The summed E-state index contributed by atoms with van der Waals surface area (Å²) in [6, 6.07) is 0.768. The molecule has 5 nitrogen and oxygen atoms in total. The van der Waals surface area contributed by atoms with E-state index in [9.17, 15) is 0 Å². The molecule has 1 saturated carbocycles. The van der Waals surface area contributed by atoms with E-state index in [0.717, 1.165) is 25.7 Å². The molecular weight excluding hydrogens is 261 g/mol. The number of aromatic nitrogens is 3. The second kappa shape index (κ2) is 5.80. The van der Waals surface area contributed by atoms with Crippen LogP contribution in [0, 0.1) is 0 Å². The van der Waals surface area contributed by atoms with Gasteiger partial charge in [0, 0.05) is 19.1 Å². The van der Waals surface area contributed by atoms with Gasteiger partial charge in [0.15, 0.2) is 11.0 Å². The zero-order chi connectivity index (χ0) is 12.3. The molecule has 1 aliphatic carbocycles. The first-order valence-corrected chi connectivity index (χ1v) is 6.50. The van der Waals surface area contributed by atoms with Gasteiger partial charge >= 0.3 is 0 Å². The number of rotatable bonds is 6. The van der Waals surface area contributed by atoms with E-state index in [1.807, 2.05) is 0 Å². The maximum atomic E-state index is 5.85. The second-order valence-corrected chi connectivity index (χ2v) is 4.70. The maximum Gasteiger partial charge on any atom is 0.245 e. The Morgan fingerprint density at radius 3 is 2.76 bits per heavy atom. The van der Waals surface area contributed by atoms with Crippen LogP contribution in [0.5, 0.6) is 0 Å². The molecule has 0 spiro atoms. The highest BCUT2D eigenvalue weighted by molar-refractivity contribution is 6.32. The Kier molecular flexibility index (Phi) is 4.36. The van der Waals surface area contributed by atoms with Crippen molar-refractivity contribution in [3.05, 3.63) is 10.4 Å². The quantitative estimate of drug-likeness (QED) is 0.862. The molecule has 0 saturated heterocycles. The molecule has 0 aromatic carbocycles. The van der Waals surface area contributed by atoms with E-state index in [2.05, 4.69) is 32.3 Å². The van der Waals surface area contributed by atoms with Gasteiger partial charge in [-0.15, -0.1) is 10.2 Å². The lowest BCUT2D eigenvalue weighted by molar-refractivity contribution is 0.289. The lowest BCUT2D eigenvalue weighted by atomic mass is 10.4. The van der Waals surface area contributed by atoms with Crippen molar-refractivity contribution in [3.63, 3.8) is 0 Å². The van der Waals surface area contributed by atoms with Crippen LogP contribution in [0.3, 0.4) is 0 Å². The third-order valence-electron chi connectivity index (χ3n) is 2.78. The molecule has 0 amide bonds. The molecule has 0 aliphatic heterocycles. The molecule has 0 bridgehead atoms. The van der Waals surface area contributed by atoms with Crippen LogP contribution in [0.15, 0.2) is 0 Å². The predicted octanol–water partition coefficient (Wildman–Crippen LogP) is 2.07. The Morgan fingerprint density at radius 1 is 1.35 bits per heavy atom. The Labute approximate surface area is 111 Å². The van der Waals surface area contributed by atoms with E-state index in [4.69, 9.17) is 23.2 Å². The highest BCUT2D eigenvalue weighted by Crippen LogP contribution is 2.26. The highest BCUT2D eigenvalue weighted by Gasteiger charge is 2.27. The van der Waals surface area contributed by atoms with Crippen LogP contribution in [0.25, 0.3) is 0 Å². The first-order valence-electron chi connectivity index (χ1n) is 5.74. The van der Waals surface area contributed by atoms with Crippen LogP contribution < -0.4 is 5.32 Å². The van der Waals surface area contributed by atoms with Crippen molar-refractivity contribution < 1.29 is 0 Å². The van der Waals surface area contributed by atoms with E-state index >= 15 is 0 Å². The van der Waals surface area contributed by atoms with Crippen molar-refractivity contribution in [2.75, 3.05) is 25.0 Å². The average molecular weight is 276 g/mol. The van der Waals surface area contributed by atoms with Crippen molar-refractivity contribution in [3.8, 4) is 0 Å². The van der Waals surface area contributed by atoms with Gasteiger partial charge in [0.05, 0.1) is 0 Å². The van der Waals surface area contributed by atoms with E-state index < -0.39 is 0 Å². The summed E-state index contributed by atoms with van der Waals surface area (Å²) >= 11 is 11.5. The highest BCUT2D eigenvalue weighted by atomic mass is 35.5. The SMILES string of the molecule is CCN(CCNc1nc(Cl)nnc1Cl)C1CC1. The van der Waals surface area contributed by atoms with Crippen molar-refractivity contribution >= 4 is 29.0 Å². The summed E-state index contributed by atoms with van der Waals surface area (Å²) in [6.45, 7) is 5.00. The summed E-state index contributed by atoms with van der Waals surface area (Å²) in [5, 5.41) is 10.7. The molecule has 1 aromatic heterocycles. The Hall–Kier alpha value is -0.650. The molecule has 17 heavy (non-hydrogen) atoms. The van der Waals surface area contributed by atoms with Crippen molar-refractivity contribution in [2.24, 2.45) is 0 Å². The molecule has 94 valence electrons. The van der Waals surface area contributed by atoms with Gasteiger partial charge in [0.2, 0.25) is 5.28 Å². The summed E-state index contributed by atoms with van der Waals surface area (Å²) in [5.74, 6) is 0.499. The fraction of sp³-hybridized carbons (Fsp3) is 0.700. The number of anilines is 1. The monoisotopic (exact) mass is 275 g/mol. The molecule has 0 radical (unpaired) electrons. The second-order valence-electron chi connectivity index (χ2n) is 4.01. The van der Waals surface area contributed by atoms with Gasteiger partial charge in [-0.2, -0.15) is 4.98 Å². The lowest BCUT2D eigenvalue weighted by Crippen LogP contribution is -2.31. The molecular formula is C10H15Cl2N5. The summed E-state index contributed by atoms with van der Waals surface area (Å²) in [6.07, 6.45) is 2.63. The first-order chi connectivity index (χ1) is 8.20. The van der Waals surface area contributed by atoms with Crippen LogP contribution >= 0.6 is 23.2 Å². The molecule has 1 heterocycles. The van der Waals surface area contributed by atoms with Gasteiger partial charge in [-0.25, -0.2) is 0 Å². The first kappa shape index (κ1) is 12.8. The molecule has 0 atom stereocenters. The molecule has 2 rings (SSSR count). The minimum absolute atomic E-state index is 0.103. The van der Waals surface area contributed by atoms with Crippen molar-refractivity contribution in [1.29, 1.82) is 0 Å². The van der Waals surface area contributed by atoms with Gasteiger partial charge < -0.3 is 5.32 Å². The minimum atomic E-state index is 0.103. The molecule has 1 N–H and O–H groups in total. The normalized spacial score (nSPS) is 15.3. The Morgan fingerprint density at radius 2 is 2.12 bits per heavy atom. The van der Waals surface area contributed by atoms with Crippen LogP contribution in [-0.2, 0) is 0 Å². The third kappa shape index (κ3) is 3.66. The summed E-state index contributed by atoms with van der Waals surface area (Å²) in [5.41, 5.74) is 0. The molecule has 7 heteroatoms. The summed E-state index contributed by atoms with van der Waals surface area (Å²) in [4.78, 5) is 6.43. The average Bonchev–Trinajstić information content (AvgIpc) is 3.13. The zero-order valence-corrected chi connectivity index (χ0v) is 11.2. The van der Waals surface area contributed by atoms with E-state index in [1.54, 1.807) is 0 Å². The number of nitrogens with one attached hydrogen (secondary N) is 1.